The van der Waals surface area contributed by atoms with Gasteiger partial charge in [0.15, 0.2) is 0 Å². The summed E-state index contributed by atoms with van der Waals surface area (Å²) in [7, 11) is 0. The predicted molar refractivity (Wildman–Crippen MR) is 132 cm³/mol. The molecule has 0 bridgehead atoms. The lowest BCUT2D eigenvalue weighted by Crippen LogP contribution is -2.63. The zero-order valence-corrected chi connectivity index (χ0v) is 20.2. The van der Waals surface area contributed by atoms with E-state index in [2.05, 4.69) is 15.2 Å². The summed E-state index contributed by atoms with van der Waals surface area (Å²) in [6, 6.07) is 11.3. The van der Waals surface area contributed by atoms with E-state index in [-0.39, 0.29) is 18.1 Å². The van der Waals surface area contributed by atoms with E-state index in [1.807, 2.05) is 35.2 Å². The van der Waals surface area contributed by atoms with Crippen molar-refractivity contribution in [1.29, 1.82) is 0 Å². The molecule has 2 saturated heterocycles. The summed E-state index contributed by atoms with van der Waals surface area (Å²) < 4.78 is 6.92. The van der Waals surface area contributed by atoms with E-state index in [0.29, 0.717) is 58.2 Å². The van der Waals surface area contributed by atoms with Gasteiger partial charge in [0.2, 0.25) is 0 Å². The van der Waals surface area contributed by atoms with E-state index >= 15 is 0 Å². The number of carbonyl (C=O) groups is 1. The van der Waals surface area contributed by atoms with E-state index in [1.54, 1.807) is 12.4 Å². The van der Waals surface area contributed by atoms with Gasteiger partial charge in [-0.05, 0) is 24.8 Å². The molecule has 2 aliphatic heterocycles. The molecule has 2 aromatic rings. The maximum absolute atomic E-state index is 13.0. The van der Waals surface area contributed by atoms with Gasteiger partial charge < -0.3 is 25.0 Å². The Hall–Kier alpha value is -2.91. The van der Waals surface area contributed by atoms with Crippen LogP contribution in [0.1, 0.15) is 37.7 Å². The number of urea groups is 1. The van der Waals surface area contributed by atoms with E-state index in [0.717, 1.165) is 31.2 Å². The first-order valence-corrected chi connectivity index (χ1v) is 12.7. The Labute approximate surface area is 205 Å². The van der Waals surface area contributed by atoms with Crippen LogP contribution >= 0.6 is 0 Å². The van der Waals surface area contributed by atoms with Crippen LogP contribution in [-0.2, 0) is 17.8 Å². The Morgan fingerprint density at radius 3 is 2.54 bits per heavy atom. The second-order valence-electron chi connectivity index (χ2n) is 10.1. The molecular weight excluding hydrogens is 446 g/mol. The van der Waals surface area contributed by atoms with Gasteiger partial charge in [0.25, 0.3) is 5.56 Å². The zero-order valence-electron chi connectivity index (χ0n) is 20.2. The maximum atomic E-state index is 13.0. The standard InChI is InChI=1S/C26H35N5O4/c32-23-16-22(29-12-14-35-15-13-29)28-20-31(23)19-26(34)10-11-30(18-25(26)8-4-5-9-25)24(33)27-17-21-6-2-1-3-7-21/h1-3,6-7,16,20,34H,4-5,8-15,17-19H2,(H,27,33). The average molecular weight is 482 g/mol. The molecule has 35 heavy (non-hydrogen) atoms. The minimum Gasteiger partial charge on any atom is -0.387 e. The number of carbonyl (C=O) groups excluding carboxylic acids is 1. The van der Waals surface area contributed by atoms with Crippen molar-refractivity contribution in [3.05, 3.63) is 58.6 Å². The van der Waals surface area contributed by atoms with Crippen molar-refractivity contribution in [2.45, 2.75) is 50.8 Å². The van der Waals surface area contributed by atoms with Crippen LogP contribution in [0.15, 0.2) is 47.5 Å². The van der Waals surface area contributed by atoms with Crippen LogP contribution in [0.4, 0.5) is 10.6 Å². The van der Waals surface area contributed by atoms with Crippen LogP contribution in [0.5, 0.6) is 0 Å². The van der Waals surface area contributed by atoms with Crippen molar-refractivity contribution in [2.75, 3.05) is 44.3 Å². The summed E-state index contributed by atoms with van der Waals surface area (Å²) in [5.41, 5.74) is -0.591. The lowest BCUT2D eigenvalue weighted by atomic mass is 9.66. The quantitative estimate of drug-likeness (QED) is 0.678. The molecule has 1 atom stereocenters. The van der Waals surface area contributed by atoms with Gasteiger partial charge in [0.05, 0.1) is 31.7 Å². The molecular formula is C26H35N5O4. The number of benzene rings is 1. The van der Waals surface area contributed by atoms with Gasteiger partial charge in [-0.25, -0.2) is 9.78 Å². The van der Waals surface area contributed by atoms with Gasteiger partial charge in [-0.1, -0.05) is 43.2 Å². The zero-order chi connectivity index (χ0) is 24.3. The summed E-state index contributed by atoms with van der Waals surface area (Å²) >= 11 is 0. The molecule has 9 nitrogen and oxygen atoms in total. The second kappa shape index (κ2) is 9.99. The van der Waals surface area contributed by atoms with Gasteiger partial charge in [-0.2, -0.15) is 0 Å². The molecule has 3 heterocycles. The highest BCUT2D eigenvalue weighted by Gasteiger charge is 2.55. The summed E-state index contributed by atoms with van der Waals surface area (Å²) in [5.74, 6) is 0.655. The number of nitrogens with zero attached hydrogens (tertiary/aromatic N) is 4. The first-order chi connectivity index (χ1) is 17.0. The fourth-order valence-electron chi connectivity index (χ4n) is 5.94. The van der Waals surface area contributed by atoms with Crippen molar-refractivity contribution in [3.8, 4) is 0 Å². The third-order valence-electron chi connectivity index (χ3n) is 8.04. The molecule has 1 saturated carbocycles. The van der Waals surface area contributed by atoms with Crippen molar-refractivity contribution in [3.63, 3.8) is 0 Å². The van der Waals surface area contributed by atoms with Crippen LogP contribution in [0, 0.1) is 5.41 Å². The van der Waals surface area contributed by atoms with Gasteiger partial charge in [0.1, 0.15) is 5.82 Å². The molecule has 2 amide bonds. The highest BCUT2D eigenvalue weighted by atomic mass is 16.5. The Morgan fingerprint density at radius 1 is 1.09 bits per heavy atom. The molecule has 188 valence electrons. The number of ether oxygens (including phenoxy) is 1. The number of hydrogen-bond acceptors (Lipinski definition) is 6. The van der Waals surface area contributed by atoms with Gasteiger partial charge in [0, 0.05) is 44.2 Å². The van der Waals surface area contributed by atoms with Crippen LogP contribution in [0.3, 0.4) is 0 Å². The number of anilines is 1. The van der Waals surface area contributed by atoms with Crippen LogP contribution in [0.2, 0.25) is 0 Å². The fourth-order valence-corrected chi connectivity index (χ4v) is 5.94. The molecule has 3 fully saturated rings. The molecule has 0 radical (unpaired) electrons. The normalized spacial score (nSPS) is 24.0. The number of piperidine rings is 1. The van der Waals surface area contributed by atoms with Gasteiger partial charge in [-0.3, -0.25) is 9.36 Å². The maximum Gasteiger partial charge on any atom is 0.317 e. The molecule has 1 aromatic heterocycles. The number of hydrogen-bond donors (Lipinski definition) is 2. The fraction of sp³-hybridized carbons (Fsp3) is 0.577. The summed E-state index contributed by atoms with van der Waals surface area (Å²) in [6.45, 7) is 4.30. The first kappa shape index (κ1) is 23.8. The van der Waals surface area contributed by atoms with Gasteiger partial charge in [-0.15, -0.1) is 0 Å². The number of morpholine rings is 1. The molecule has 1 spiro atoms. The largest absolute Gasteiger partial charge is 0.387 e. The van der Waals surface area contributed by atoms with E-state index < -0.39 is 11.0 Å². The Bertz CT molecular complexity index is 1080. The van der Waals surface area contributed by atoms with Crippen LogP contribution < -0.4 is 15.8 Å². The van der Waals surface area contributed by atoms with Crippen LogP contribution in [-0.4, -0.2) is 70.6 Å². The molecule has 9 heteroatoms. The number of rotatable bonds is 5. The lowest BCUT2D eigenvalue weighted by molar-refractivity contribution is -0.135. The number of likely N-dealkylation sites (tertiary alicyclic amines) is 1. The van der Waals surface area contributed by atoms with Crippen molar-refractivity contribution < 1.29 is 14.6 Å². The topological polar surface area (TPSA) is 99.9 Å². The highest BCUT2D eigenvalue weighted by molar-refractivity contribution is 5.74. The summed E-state index contributed by atoms with van der Waals surface area (Å²) in [6.07, 6.45) is 5.73. The molecule has 1 unspecified atom stereocenters. The van der Waals surface area contributed by atoms with Gasteiger partial charge >= 0.3 is 6.03 Å². The summed E-state index contributed by atoms with van der Waals surface area (Å²) in [5, 5.41) is 15.0. The van der Waals surface area contributed by atoms with Crippen LogP contribution in [0.25, 0.3) is 0 Å². The third kappa shape index (κ3) is 4.92. The summed E-state index contributed by atoms with van der Waals surface area (Å²) in [4.78, 5) is 34.4. The van der Waals surface area contributed by atoms with E-state index in [1.165, 1.54) is 4.57 Å². The number of aromatic nitrogens is 2. The van der Waals surface area contributed by atoms with E-state index in [4.69, 9.17) is 4.74 Å². The highest BCUT2D eigenvalue weighted by Crippen LogP contribution is 2.51. The van der Waals surface area contributed by atoms with Crippen molar-refractivity contribution >= 4 is 11.8 Å². The minimum absolute atomic E-state index is 0.101. The molecule has 5 rings (SSSR count). The second-order valence-corrected chi connectivity index (χ2v) is 10.1. The Kier molecular flexibility index (Phi) is 6.80. The number of nitrogens with one attached hydrogen (secondary N) is 1. The lowest BCUT2D eigenvalue weighted by Gasteiger charge is -2.52. The van der Waals surface area contributed by atoms with Crippen molar-refractivity contribution in [1.82, 2.24) is 19.8 Å². The van der Waals surface area contributed by atoms with Crippen molar-refractivity contribution in [2.24, 2.45) is 5.41 Å². The molecule has 2 N–H and O–H groups in total. The molecule has 3 aliphatic rings. The van der Waals surface area contributed by atoms with E-state index in [9.17, 15) is 14.7 Å². The smallest absolute Gasteiger partial charge is 0.317 e. The number of amides is 2. The average Bonchev–Trinajstić information content (AvgIpc) is 3.37. The third-order valence-corrected chi connectivity index (χ3v) is 8.04. The first-order valence-electron chi connectivity index (χ1n) is 12.7. The number of aliphatic hydroxyl groups is 1. The Balaban J connectivity index is 1.29. The SMILES string of the molecule is O=C(NCc1ccccc1)N1CCC(O)(Cn2cnc(N3CCOCC3)cc2=O)C2(CCCC2)C1. The molecule has 1 aromatic carbocycles. The Morgan fingerprint density at radius 2 is 1.83 bits per heavy atom. The minimum atomic E-state index is -1.06. The monoisotopic (exact) mass is 481 g/mol. The predicted octanol–water partition coefficient (Wildman–Crippen LogP) is 1.99. The molecule has 1 aliphatic carbocycles.